The number of aliphatic imine (C=N–C) groups is 1. The van der Waals surface area contributed by atoms with E-state index in [9.17, 15) is 0 Å². The van der Waals surface area contributed by atoms with E-state index in [1.54, 1.807) is 7.11 Å². The van der Waals surface area contributed by atoms with E-state index >= 15 is 0 Å². The molecule has 0 amide bonds. The second-order valence-corrected chi connectivity index (χ2v) is 6.70. The summed E-state index contributed by atoms with van der Waals surface area (Å²) < 4.78 is 5.19. The van der Waals surface area contributed by atoms with Crippen molar-refractivity contribution >= 4 is 29.9 Å². The maximum Gasteiger partial charge on any atom is 0.191 e. The number of nitrogens with zero attached hydrogens (tertiary/aromatic N) is 2. The zero-order chi connectivity index (χ0) is 17.9. The molecule has 0 spiro atoms. The Morgan fingerprint density at radius 1 is 1.23 bits per heavy atom. The molecule has 0 saturated carbocycles. The van der Waals surface area contributed by atoms with Crippen LogP contribution in [0.15, 0.2) is 29.3 Å². The van der Waals surface area contributed by atoms with Crippen molar-refractivity contribution in [1.82, 2.24) is 15.5 Å². The summed E-state index contributed by atoms with van der Waals surface area (Å²) in [6, 6.07) is 8.81. The molecule has 1 fully saturated rings. The Kier molecular flexibility index (Phi) is 11.7. The van der Waals surface area contributed by atoms with Crippen molar-refractivity contribution < 1.29 is 4.74 Å². The van der Waals surface area contributed by atoms with Gasteiger partial charge < -0.3 is 20.3 Å². The molecule has 2 rings (SSSR count). The van der Waals surface area contributed by atoms with E-state index < -0.39 is 0 Å². The molecule has 0 aliphatic carbocycles. The van der Waals surface area contributed by atoms with Gasteiger partial charge in [-0.2, -0.15) is 0 Å². The van der Waals surface area contributed by atoms with E-state index in [-0.39, 0.29) is 24.0 Å². The Morgan fingerprint density at radius 3 is 2.65 bits per heavy atom. The van der Waals surface area contributed by atoms with Crippen molar-refractivity contribution in [2.45, 2.75) is 52.1 Å². The topological polar surface area (TPSA) is 48.9 Å². The molecule has 0 bridgehead atoms. The number of piperidine rings is 1. The third kappa shape index (κ3) is 8.12. The molecule has 2 N–H and O–H groups in total. The summed E-state index contributed by atoms with van der Waals surface area (Å²) in [6.45, 7) is 9.38. The van der Waals surface area contributed by atoms with Crippen molar-refractivity contribution in [3.05, 3.63) is 29.8 Å². The third-order valence-electron chi connectivity index (χ3n) is 4.78. The van der Waals surface area contributed by atoms with Crippen LogP contribution in [0, 0.1) is 0 Å². The van der Waals surface area contributed by atoms with Gasteiger partial charge in [0.2, 0.25) is 0 Å². The molecule has 1 saturated heterocycles. The van der Waals surface area contributed by atoms with Gasteiger partial charge >= 0.3 is 0 Å². The molecule has 1 unspecified atom stereocenters. The summed E-state index contributed by atoms with van der Waals surface area (Å²) in [4.78, 5) is 7.30. The molecule has 1 atom stereocenters. The summed E-state index contributed by atoms with van der Waals surface area (Å²) >= 11 is 0. The zero-order valence-electron chi connectivity index (χ0n) is 16.5. The lowest BCUT2D eigenvalue weighted by atomic mass is 10.0. The third-order valence-corrected chi connectivity index (χ3v) is 4.78. The zero-order valence-corrected chi connectivity index (χ0v) is 18.8. The van der Waals surface area contributed by atoms with Gasteiger partial charge in [0.25, 0.3) is 0 Å². The summed E-state index contributed by atoms with van der Waals surface area (Å²) in [5, 5.41) is 6.78. The van der Waals surface area contributed by atoms with Gasteiger partial charge in [-0.05, 0) is 57.4 Å². The highest BCUT2D eigenvalue weighted by Crippen LogP contribution is 2.16. The Bertz CT molecular complexity index is 521. The molecule has 148 valence electrons. The summed E-state index contributed by atoms with van der Waals surface area (Å²) in [5.41, 5.74) is 1.18. The maximum atomic E-state index is 5.19. The number of rotatable bonds is 8. The Balaban J connectivity index is 0.00000338. The summed E-state index contributed by atoms with van der Waals surface area (Å²) in [5.74, 6) is 1.77. The quantitative estimate of drug-likeness (QED) is 0.262. The minimum Gasteiger partial charge on any atom is -0.497 e. The minimum atomic E-state index is 0. The normalized spacial score (nSPS) is 18.1. The lowest BCUT2D eigenvalue weighted by molar-refractivity contribution is 0.159. The second-order valence-electron chi connectivity index (χ2n) is 6.70. The van der Waals surface area contributed by atoms with Crippen molar-refractivity contribution in [3.8, 4) is 5.75 Å². The first-order valence-corrected chi connectivity index (χ1v) is 9.62. The van der Waals surface area contributed by atoms with Gasteiger partial charge in [-0.3, -0.25) is 0 Å². The van der Waals surface area contributed by atoms with Gasteiger partial charge in [0.1, 0.15) is 5.75 Å². The lowest BCUT2D eigenvalue weighted by Gasteiger charge is -2.33. The molecule has 1 heterocycles. The predicted octanol–water partition coefficient (Wildman–Crippen LogP) is 3.63. The van der Waals surface area contributed by atoms with Crippen LogP contribution in [0.4, 0.5) is 0 Å². The van der Waals surface area contributed by atoms with Crippen molar-refractivity contribution in [1.29, 1.82) is 0 Å². The van der Waals surface area contributed by atoms with Crippen LogP contribution in [-0.2, 0) is 6.54 Å². The molecule has 1 aliphatic heterocycles. The van der Waals surface area contributed by atoms with Crippen LogP contribution in [0.1, 0.15) is 45.1 Å². The first-order valence-electron chi connectivity index (χ1n) is 9.62. The minimum absolute atomic E-state index is 0. The number of nitrogens with one attached hydrogen (secondary N) is 2. The molecule has 6 heteroatoms. The van der Waals surface area contributed by atoms with Crippen molar-refractivity contribution in [2.75, 3.05) is 33.3 Å². The Labute approximate surface area is 176 Å². The van der Waals surface area contributed by atoms with E-state index in [4.69, 9.17) is 4.74 Å². The number of hydrogen-bond acceptors (Lipinski definition) is 3. The fourth-order valence-electron chi connectivity index (χ4n) is 3.22. The van der Waals surface area contributed by atoms with E-state index in [2.05, 4.69) is 46.5 Å². The smallest absolute Gasteiger partial charge is 0.191 e. The summed E-state index contributed by atoms with van der Waals surface area (Å²) in [6.07, 6.45) is 5.24. The van der Waals surface area contributed by atoms with Crippen LogP contribution >= 0.6 is 24.0 Å². The fraction of sp³-hybridized carbons (Fsp3) is 0.650. The van der Waals surface area contributed by atoms with Crippen LogP contribution in [0.2, 0.25) is 0 Å². The van der Waals surface area contributed by atoms with E-state index in [0.29, 0.717) is 6.54 Å². The van der Waals surface area contributed by atoms with Gasteiger partial charge in [0, 0.05) is 25.7 Å². The second kappa shape index (κ2) is 13.2. The van der Waals surface area contributed by atoms with Crippen LogP contribution in [0.5, 0.6) is 5.75 Å². The number of hydrogen-bond donors (Lipinski definition) is 2. The molecule has 1 aliphatic rings. The molecular weight excluding hydrogens is 439 g/mol. The molecule has 0 radical (unpaired) electrons. The van der Waals surface area contributed by atoms with Crippen molar-refractivity contribution in [2.24, 2.45) is 4.99 Å². The van der Waals surface area contributed by atoms with E-state index in [1.807, 2.05) is 12.1 Å². The van der Waals surface area contributed by atoms with E-state index in [0.717, 1.165) is 37.3 Å². The fourth-order valence-corrected chi connectivity index (χ4v) is 3.22. The Hall–Kier alpha value is -1.02. The van der Waals surface area contributed by atoms with Gasteiger partial charge in [-0.1, -0.05) is 18.6 Å². The van der Waals surface area contributed by atoms with E-state index in [1.165, 1.54) is 37.9 Å². The van der Waals surface area contributed by atoms with Crippen LogP contribution < -0.4 is 15.4 Å². The molecule has 0 aromatic heterocycles. The molecule has 5 nitrogen and oxygen atoms in total. The van der Waals surface area contributed by atoms with Gasteiger partial charge in [-0.15, -0.1) is 24.0 Å². The molecular formula is C20H35IN4O. The largest absolute Gasteiger partial charge is 0.497 e. The van der Waals surface area contributed by atoms with Crippen LogP contribution in [0.25, 0.3) is 0 Å². The number of guanidine groups is 1. The van der Waals surface area contributed by atoms with Gasteiger partial charge in [0.15, 0.2) is 5.96 Å². The molecule has 26 heavy (non-hydrogen) atoms. The van der Waals surface area contributed by atoms with Crippen molar-refractivity contribution in [3.63, 3.8) is 0 Å². The van der Waals surface area contributed by atoms with Gasteiger partial charge in [-0.25, -0.2) is 4.99 Å². The van der Waals surface area contributed by atoms with Crippen LogP contribution in [0.3, 0.4) is 0 Å². The predicted molar refractivity (Wildman–Crippen MR) is 121 cm³/mol. The lowest BCUT2D eigenvalue weighted by Crippen LogP contribution is -2.41. The number of benzene rings is 1. The number of halogens is 1. The summed E-state index contributed by atoms with van der Waals surface area (Å²) in [7, 11) is 1.69. The first-order chi connectivity index (χ1) is 12.2. The molecule has 1 aromatic rings. The highest BCUT2D eigenvalue weighted by molar-refractivity contribution is 14.0. The first kappa shape index (κ1) is 23.0. The standard InChI is InChI=1S/C20H34N4O.HI/c1-4-21-20(23-16-18-9-11-19(25-3)12-10-18)22-13-7-15-24-14-6-5-8-17(24)2;/h9-12,17H,4-8,13-16H2,1-3H3,(H2,21,22,23);1H. The number of ether oxygens (including phenoxy) is 1. The highest BCUT2D eigenvalue weighted by atomic mass is 127. The molecule has 1 aromatic carbocycles. The highest BCUT2D eigenvalue weighted by Gasteiger charge is 2.17. The monoisotopic (exact) mass is 474 g/mol. The van der Waals surface area contributed by atoms with Gasteiger partial charge in [0.05, 0.1) is 13.7 Å². The number of methoxy groups -OCH3 is 1. The SMILES string of the molecule is CCNC(=NCc1ccc(OC)cc1)NCCCN1CCCCC1C.I. The average Bonchev–Trinajstić information content (AvgIpc) is 2.65. The Morgan fingerprint density at radius 2 is 2.00 bits per heavy atom. The number of likely N-dealkylation sites (tertiary alicyclic amines) is 1. The van der Waals surface area contributed by atoms with Crippen LogP contribution in [-0.4, -0.2) is 50.2 Å². The maximum absolute atomic E-state index is 5.19. The average molecular weight is 474 g/mol.